The molecule has 3 rings (SSSR count). The molecule has 1 amide bonds. The second-order valence-electron chi connectivity index (χ2n) is 5.67. The van der Waals surface area contributed by atoms with Crippen molar-refractivity contribution in [2.75, 3.05) is 18.1 Å². The first-order valence-corrected chi connectivity index (χ1v) is 9.66. The molecule has 0 radical (unpaired) electrons. The van der Waals surface area contributed by atoms with Crippen LogP contribution < -0.4 is 14.4 Å². The summed E-state index contributed by atoms with van der Waals surface area (Å²) in [6.45, 7) is 1.96. The number of carbonyl (C=O) groups is 2. The number of anilines is 1. The van der Waals surface area contributed by atoms with Gasteiger partial charge in [0, 0.05) is 0 Å². The molecule has 1 aliphatic rings. The number of hydrogen-bond donors (Lipinski definition) is 1. The van der Waals surface area contributed by atoms with E-state index in [0.29, 0.717) is 33.0 Å². The lowest BCUT2D eigenvalue weighted by Gasteiger charge is -2.18. The number of amides is 1. The first-order valence-electron chi connectivity index (χ1n) is 8.44. The molecular weight excluding hydrogens is 398 g/mol. The molecule has 2 aromatic rings. The summed E-state index contributed by atoms with van der Waals surface area (Å²) in [6.07, 6.45) is 1.74. The molecule has 8 heteroatoms. The number of carboxylic acids is 1. The lowest BCUT2D eigenvalue weighted by Crippen LogP contribution is -2.28. The molecule has 6 nitrogen and oxygen atoms in total. The van der Waals surface area contributed by atoms with Gasteiger partial charge in [-0.1, -0.05) is 48.2 Å². The van der Waals surface area contributed by atoms with E-state index in [2.05, 4.69) is 0 Å². The van der Waals surface area contributed by atoms with E-state index >= 15 is 0 Å². The number of ether oxygens (including phenoxy) is 2. The van der Waals surface area contributed by atoms with E-state index in [0.717, 1.165) is 5.56 Å². The monoisotopic (exact) mass is 415 g/mol. The summed E-state index contributed by atoms with van der Waals surface area (Å²) in [5, 5.41) is 8.64. The van der Waals surface area contributed by atoms with Gasteiger partial charge in [0.2, 0.25) is 0 Å². The van der Waals surface area contributed by atoms with E-state index in [9.17, 15) is 9.59 Å². The van der Waals surface area contributed by atoms with E-state index < -0.39 is 12.6 Å². The number of thiocarbonyl (C=S) groups is 1. The molecule has 1 fully saturated rings. The summed E-state index contributed by atoms with van der Waals surface area (Å²) in [5.74, 6) is -0.214. The van der Waals surface area contributed by atoms with Crippen molar-refractivity contribution in [3.05, 3.63) is 59.0 Å². The normalized spacial score (nSPS) is 15.2. The maximum Gasteiger partial charge on any atom is 0.341 e. The number of rotatable bonds is 7. The average Bonchev–Trinajstić information content (AvgIpc) is 2.95. The molecule has 0 unspecified atom stereocenters. The van der Waals surface area contributed by atoms with Crippen molar-refractivity contribution in [1.29, 1.82) is 0 Å². The molecule has 0 spiro atoms. The predicted molar refractivity (Wildman–Crippen MR) is 113 cm³/mol. The summed E-state index contributed by atoms with van der Waals surface area (Å²) in [6, 6.07) is 14.1. The maximum atomic E-state index is 12.9. The highest BCUT2D eigenvalue weighted by atomic mass is 32.2. The zero-order chi connectivity index (χ0) is 20.1. The van der Waals surface area contributed by atoms with E-state index in [1.165, 1.54) is 16.7 Å². The Kier molecular flexibility index (Phi) is 6.33. The Morgan fingerprint density at radius 1 is 1.18 bits per heavy atom. The third kappa shape index (κ3) is 4.52. The Morgan fingerprint density at radius 2 is 1.89 bits per heavy atom. The molecule has 1 aliphatic heterocycles. The van der Waals surface area contributed by atoms with Gasteiger partial charge in [-0.15, -0.1) is 0 Å². The third-order valence-corrected chi connectivity index (χ3v) is 5.04. The fourth-order valence-electron chi connectivity index (χ4n) is 2.55. The van der Waals surface area contributed by atoms with Crippen molar-refractivity contribution in [1.82, 2.24) is 0 Å². The average molecular weight is 415 g/mol. The van der Waals surface area contributed by atoms with Gasteiger partial charge in [0.25, 0.3) is 5.91 Å². The van der Waals surface area contributed by atoms with Crippen LogP contribution in [0.15, 0.2) is 53.4 Å². The van der Waals surface area contributed by atoms with Crippen LogP contribution in [0.1, 0.15) is 12.5 Å². The van der Waals surface area contributed by atoms with Crippen molar-refractivity contribution in [3.8, 4) is 11.5 Å². The van der Waals surface area contributed by atoms with Crippen LogP contribution in [0.3, 0.4) is 0 Å². The standard InChI is InChI=1S/C20H17NO5S2/c1-2-25-16-6-4-3-5-15(16)21-19(24)17(28-20(21)27)11-13-7-9-14(10-8-13)26-12-18(22)23/h3-11H,2,12H2,1H3,(H,22,23)/b17-11+. The van der Waals surface area contributed by atoms with Gasteiger partial charge in [-0.2, -0.15) is 0 Å². The van der Waals surface area contributed by atoms with E-state index in [4.69, 9.17) is 26.8 Å². The first kappa shape index (κ1) is 19.9. The number of thioether (sulfide) groups is 1. The van der Waals surface area contributed by atoms with Crippen LogP contribution in [-0.4, -0.2) is 34.5 Å². The number of carboxylic acid groups (broad SMARTS) is 1. The minimum atomic E-state index is -1.04. The second kappa shape index (κ2) is 8.90. The third-order valence-electron chi connectivity index (χ3n) is 3.74. The Bertz CT molecular complexity index is 940. The summed E-state index contributed by atoms with van der Waals surface area (Å²) in [4.78, 5) is 25.4. The molecule has 0 aliphatic carbocycles. The maximum absolute atomic E-state index is 12.9. The first-order chi connectivity index (χ1) is 13.5. The molecule has 1 N–H and O–H groups in total. The molecule has 0 atom stereocenters. The van der Waals surface area contributed by atoms with Crippen LogP contribution in [0.25, 0.3) is 6.08 Å². The Balaban J connectivity index is 1.81. The van der Waals surface area contributed by atoms with E-state index in [-0.39, 0.29) is 5.91 Å². The number of benzene rings is 2. The Labute approximate surface area is 171 Å². The van der Waals surface area contributed by atoms with Crippen LogP contribution in [-0.2, 0) is 9.59 Å². The summed E-state index contributed by atoms with van der Waals surface area (Å²) >= 11 is 6.63. The SMILES string of the molecule is CCOc1ccccc1N1C(=O)/C(=C\c2ccc(OCC(=O)O)cc2)SC1=S. The van der Waals surface area contributed by atoms with Crippen LogP contribution in [0.4, 0.5) is 5.69 Å². The molecule has 1 saturated heterocycles. The van der Waals surface area contributed by atoms with Gasteiger partial charge in [-0.3, -0.25) is 9.69 Å². The summed E-state index contributed by atoms with van der Waals surface area (Å²) < 4.78 is 11.2. The van der Waals surface area contributed by atoms with Gasteiger partial charge in [0.15, 0.2) is 10.9 Å². The zero-order valence-electron chi connectivity index (χ0n) is 15.0. The van der Waals surface area contributed by atoms with Gasteiger partial charge in [0.05, 0.1) is 17.2 Å². The van der Waals surface area contributed by atoms with Gasteiger partial charge in [-0.25, -0.2) is 4.79 Å². The Hall–Kier alpha value is -2.84. The number of hydrogen-bond acceptors (Lipinski definition) is 6. The molecule has 0 aromatic heterocycles. The molecule has 1 heterocycles. The molecular formula is C20H17NO5S2. The highest BCUT2D eigenvalue weighted by Gasteiger charge is 2.34. The fraction of sp³-hybridized carbons (Fsp3) is 0.150. The van der Waals surface area contributed by atoms with Crippen LogP contribution >= 0.6 is 24.0 Å². The van der Waals surface area contributed by atoms with Crippen molar-refractivity contribution < 1.29 is 24.2 Å². The fourth-order valence-corrected chi connectivity index (χ4v) is 3.84. The minimum absolute atomic E-state index is 0.214. The van der Waals surface area contributed by atoms with E-state index in [1.807, 2.05) is 19.1 Å². The highest BCUT2D eigenvalue weighted by Crippen LogP contribution is 2.39. The number of carbonyl (C=O) groups excluding carboxylic acids is 1. The van der Waals surface area contributed by atoms with Gasteiger partial charge < -0.3 is 14.6 Å². The number of aliphatic carboxylic acids is 1. The number of para-hydroxylation sites is 2. The summed E-state index contributed by atoms with van der Waals surface area (Å²) in [7, 11) is 0. The molecule has 28 heavy (non-hydrogen) atoms. The van der Waals surface area contributed by atoms with Gasteiger partial charge in [-0.05, 0) is 42.8 Å². The quantitative estimate of drug-likeness (QED) is 0.542. The minimum Gasteiger partial charge on any atom is -0.492 e. The lowest BCUT2D eigenvalue weighted by atomic mass is 10.2. The van der Waals surface area contributed by atoms with Crippen LogP contribution in [0.5, 0.6) is 11.5 Å². The topological polar surface area (TPSA) is 76.1 Å². The highest BCUT2D eigenvalue weighted by molar-refractivity contribution is 8.27. The second-order valence-corrected chi connectivity index (χ2v) is 7.35. The Morgan fingerprint density at radius 3 is 2.57 bits per heavy atom. The molecule has 2 aromatic carbocycles. The van der Waals surface area contributed by atoms with Crippen molar-refractivity contribution in [2.24, 2.45) is 0 Å². The molecule has 144 valence electrons. The zero-order valence-corrected chi connectivity index (χ0v) is 16.6. The predicted octanol–water partition coefficient (Wildman–Crippen LogP) is 3.95. The largest absolute Gasteiger partial charge is 0.492 e. The van der Waals surface area contributed by atoms with Crippen LogP contribution in [0, 0.1) is 0 Å². The van der Waals surface area contributed by atoms with Crippen molar-refractivity contribution in [3.63, 3.8) is 0 Å². The molecule has 0 saturated carbocycles. The smallest absolute Gasteiger partial charge is 0.341 e. The van der Waals surface area contributed by atoms with Gasteiger partial charge >= 0.3 is 5.97 Å². The van der Waals surface area contributed by atoms with Gasteiger partial charge in [0.1, 0.15) is 11.5 Å². The van der Waals surface area contributed by atoms with Crippen molar-refractivity contribution >= 4 is 51.9 Å². The summed E-state index contributed by atoms with van der Waals surface area (Å²) in [5.41, 5.74) is 1.40. The van der Waals surface area contributed by atoms with Crippen LogP contribution in [0.2, 0.25) is 0 Å². The molecule has 0 bridgehead atoms. The number of nitrogens with zero attached hydrogens (tertiary/aromatic N) is 1. The lowest BCUT2D eigenvalue weighted by molar-refractivity contribution is -0.139. The van der Waals surface area contributed by atoms with Crippen molar-refractivity contribution in [2.45, 2.75) is 6.92 Å². The van der Waals surface area contributed by atoms with E-state index in [1.54, 1.807) is 42.5 Å².